The lowest BCUT2D eigenvalue weighted by atomic mass is 10.2. The lowest BCUT2D eigenvalue weighted by Crippen LogP contribution is -2.45. The van der Waals surface area contributed by atoms with Crippen LogP contribution in [-0.2, 0) is 0 Å². The fraction of sp³-hybridized carbons (Fsp3) is 0.385. The Balaban J connectivity index is 2.40. The van der Waals surface area contributed by atoms with Crippen molar-refractivity contribution in [2.45, 2.75) is 12.1 Å². The van der Waals surface area contributed by atoms with E-state index in [0.717, 1.165) is 18.2 Å². The van der Waals surface area contributed by atoms with Gasteiger partial charge in [-0.25, -0.2) is 8.78 Å². The second-order valence-electron chi connectivity index (χ2n) is 3.98. The van der Waals surface area contributed by atoms with Gasteiger partial charge in [0.15, 0.2) is 0 Å². The van der Waals surface area contributed by atoms with Crippen LogP contribution in [0.5, 0.6) is 5.75 Å². The number of rotatable bonds is 7. The summed E-state index contributed by atoms with van der Waals surface area (Å²) in [5.41, 5.74) is 5.67. The predicted molar refractivity (Wildman–Crippen MR) is 67.5 cm³/mol. The molecule has 1 rings (SSSR count). The average molecular weight is 270 g/mol. The predicted octanol–water partition coefficient (Wildman–Crippen LogP) is 0.255. The number of hydrogen-bond acceptors (Lipinski definition) is 4. The molecule has 0 aliphatic rings. The molecule has 104 valence electrons. The Labute approximate surface area is 110 Å². The Morgan fingerprint density at radius 3 is 2.58 bits per heavy atom. The number of nitrogens with one attached hydrogen (secondary N) is 1. The molecular weight excluding hydrogens is 254 g/mol. The maximum Gasteiger partial charge on any atom is 0.129 e. The number of ether oxygens (including phenoxy) is 1. The summed E-state index contributed by atoms with van der Waals surface area (Å²) < 4.78 is 30.9. The minimum Gasteiger partial charge on any atom is -0.492 e. The summed E-state index contributed by atoms with van der Waals surface area (Å²) in [5, 5.41) is 12.4. The lowest BCUT2D eigenvalue weighted by molar-refractivity contribution is 0.115. The SMILES string of the molecule is C#CCNC[C@@H](O)[C@@H](N)COc1cc(F)cc(F)c1. The Morgan fingerprint density at radius 1 is 1.37 bits per heavy atom. The Morgan fingerprint density at radius 2 is 2.00 bits per heavy atom. The van der Waals surface area contributed by atoms with E-state index in [4.69, 9.17) is 16.9 Å². The van der Waals surface area contributed by atoms with E-state index in [9.17, 15) is 13.9 Å². The Bertz CT molecular complexity index is 429. The number of aliphatic hydroxyl groups excluding tert-OH is 1. The van der Waals surface area contributed by atoms with Gasteiger partial charge in [0, 0.05) is 24.7 Å². The summed E-state index contributed by atoms with van der Waals surface area (Å²) >= 11 is 0. The molecule has 0 heterocycles. The Hall–Kier alpha value is -1.68. The van der Waals surface area contributed by atoms with Crippen LogP contribution in [0, 0.1) is 24.0 Å². The van der Waals surface area contributed by atoms with Crippen molar-refractivity contribution < 1.29 is 18.6 Å². The maximum atomic E-state index is 12.9. The van der Waals surface area contributed by atoms with E-state index >= 15 is 0 Å². The third kappa shape index (κ3) is 5.66. The monoisotopic (exact) mass is 270 g/mol. The molecule has 0 spiro atoms. The fourth-order valence-corrected chi connectivity index (χ4v) is 1.36. The molecular formula is C13H16F2N2O2. The number of nitrogens with two attached hydrogens (primary N) is 1. The van der Waals surface area contributed by atoms with Crippen LogP contribution in [0.4, 0.5) is 8.78 Å². The fourth-order valence-electron chi connectivity index (χ4n) is 1.36. The molecule has 0 saturated heterocycles. The number of halogens is 2. The van der Waals surface area contributed by atoms with Crippen molar-refractivity contribution in [1.29, 1.82) is 0 Å². The van der Waals surface area contributed by atoms with Crippen molar-refractivity contribution >= 4 is 0 Å². The minimum atomic E-state index is -0.869. The van der Waals surface area contributed by atoms with Gasteiger partial charge >= 0.3 is 0 Å². The summed E-state index contributed by atoms with van der Waals surface area (Å²) in [5.74, 6) is 0.907. The van der Waals surface area contributed by atoms with E-state index < -0.39 is 23.8 Å². The number of terminal acetylenes is 1. The summed E-state index contributed by atoms with van der Waals surface area (Å²) in [6.07, 6.45) is 4.16. The molecule has 0 aliphatic heterocycles. The van der Waals surface area contributed by atoms with Gasteiger partial charge in [-0.1, -0.05) is 5.92 Å². The molecule has 0 saturated carbocycles. The molecule has 0 fully saturated rings. The van der Waals surface area contributed by atoms with Gasteiger partial charge in [0.1, 0.15) is 24.0 Å². The minimum absolute atomic E-state index is 0.0248. The third-order valence-electron chi connectivity index (χ3n) is 2.35. The molecule has 19 heavy (non-hydrogen) atoms. The van der Waals surface area contributed by atoms with Crippen LogP contribution < -0.4 is 15.8 Å². The van der Waals surface area contributed by atoms with Crippen molar-refractivity contribution in [3.8, 4) is 18.1 Å². The van der Waals surface area contributed by atoms with Gasteiger partial charge in [-0.05, 0) is 0 Å². The molecule has 6 heteroatoms. The average Bonchev–Trinajstić information content (AvgIpc) is 2.35. The van der Waals surface area contributed by atoms with Gasteiger partial charge in [0.05, 0.1) is 18.7 Å². The van der Waals surface area contributed by atoms with Crippen LogP contribution in [0.25, 0.3) is 0 Å². The molecule has 0 aromatic heterocycles. The summed E-state index contributed by atoms with van der Waals surface area (Å²) in [6, 6.07) is 2.12. The molecule has 0 aliphatic carbocycles. The van der Waals surface area contributed by atoms with Gasteiger partial charge in [-0.15, -0.1) is 6.42 Å². The van der Waals surface area contributed by atoms with Gasteiger partial charge < -0.3 is 20.9 Å². The van der Waals surface area contributed by atoms with Crippen molar-refractivity contribution in [3.63, 3.8) is 0 Å². The van der Waals surface area contributed by atoms with Crippen LogP contribution in [-0.4, -0.2) is 36.9 Å². The Kier molecular flexibility index (Phi) is 6.22. The van der Waals surface area contributed by atoms with Crippen LogP contribution in [0.1, 0.15) is 0 Å². The lowest BCUT2D eigenvalue weighted by Gasteiger charge is -2.19. The zero-order valence-corrected chi connectivity index (χ0v) is 10.3. The van der Waals surface area contributed by atoms with Crippen LogP contribution in [0.2, 0.25) is 0 Å². The smallest absolute Gasteiger partial charge is 0.129 e. The van der Waals surface area contributed by atoms with Gasteiger partial charge in [-0.3, -0.25) is 0 Å². The molecule has 0 bridgehead atoms. The van der Waals surface area contributed by atoms with E-state index in [0.29, 0.717) is 6.54 Å². The molecule has 4 nitrogen and oxygen atoms in total. The van der Waals surface area contributed by atoms with Gasteiger partial charge in [0.2, 0.25) is 0 Å². The van der Waals surface area contributed by atoms with E-state index in [2.05, 4.69) is 11.2 Å². The number of hydrogen-bond donors (Lipinski definition) is 3. The standard InChI is InChI=1S/C13H16F2N2O2/c1-2-3-17-7-13(18)12(16)8-19-11-5-9(14)4-10(15)6-11/h1,4-6,12-13,17-18H,3,7-8,16H2/t12-,13+/m0/s1. The van der Waals surface area contributed by atoms with Crippen molar-refractivity contribution in [2.75, 3.05) is 19.7 Å². The van der Waals surface area contributed by atoms with E-state index in [1.807, 2.05) is 0 Å². The first-order valence-corrected chi connectivity index (χ1v) is 5.69. The summed E-state index contributed by atoms with van der Waals surface area (Å²) in [6.45, 7) is 0.466. The third-order valence-corrected chi connectivity index (χ3v) is 2.35. The first kappa shape index (κ1) is 15.4. The van der Waals surface area contributed by atoms with Crippen molar-refractivity contribution in [2.24, 2.45) is 5.73 Å². The molecule has 0 amide bonds. The quantitative estimate of drug-likeness (QED) is 0.491. The van der Waals surface area contributed by atoms with Crippen molar-refractivity contribution in [1.82, 2.24) is 5.32 Å². The molecule has 1 aromatic rings. The molecule has 1 aromatic carbocycles. The second-order valence-corrected chi connectivity index (χ2v) is 3.98. The first-order valence-electron chi connectivity index (χ1n) is 5.69. The van der Waals surface area contributed by atoms with E-state index in [1.165, 1.54) is 0 Å². The van der Waals surface area contributed by atoms with E-state index in [-0.39, 0.29) is 18.9 Å². The van der Waals surface area contributed by atoms with Gasteiger partial charge in [0.25, 0.3) is 0 Å². The zero-order valence-electron chi connectivity index (χ0n) is 10.3. The summed E-state index contributed by atoms with van der Waals surface area (Å²) in [7, 11) is 0. The number of benzene rings is 1. The highest BCUT2D eigenvalue weighted by molar-refractivity contribution is 5.23. The topological polar surface area (TPSA) is 67.5 Å². The first-order chi connectivity index (χ1) is 9.02. The highest BCUT2D eigenvalue weighted by atomic mass is 19.1. The zero-order chi connectivity index (χ0) is 14.3. The molecule has 4 N–H and O–H groups in total. The molecule has 0 unspecified atom stereocenters. The molecule has 0 radical (unpaired) electrons. The summed E-state index contributed by atoms with van der Waals surface area (Å²) in [4.78, 5) is 0. The van der Waals surface area contributed by atoms with E-state index in [1.54, 1.807) is 0 Å². The maximum absolute atomic E-state index is 12.9. The van der Waals surface area contributed by atoms with Crippen LogP contribution in [0.15, 0.2) is 18.2 Å². The molecule has 2 atom stereocenters. The van der Waals surface area contributed by atoms with Crippen molar-refractivity contribution in [3.05, 3.63) is 29.8 Å². The van der Waals surface area contributed by atoms with Crippen LogP contribution >= 0.6 is 0 Å². The van der Waals surface area contributed by atoms with Gasteiger partial charge in [-0.2, -0.15) is 0 Å². The van der Waals surface area contributed by atoms with Crippen LogP contribution in [0.3, 0.4) is 0 Å². The number of aliphatic hydroxyl groups is 1. The highest BCUT2D eigenvalue weighted by Gasteiger charge is 2.15. The largest absolute Gasteiger partial charge is 0.492 e. The normalized spacial score (nSPS) is 13.6. The second kappa shape index (κ2) is 7.69. The highest BCUT2D eigenvalue weighted by Crippen LogP contribution is 2.15.